The molecule has 1 aromatic carbocycles. The van der Waals surface area contributed by atoms with Gasteiger partial charge in [-0.2, -0.15) is 0 Å². The van der Waals surface area contributed by atoms with Gasteiger partial charge in [-0.15, -0.1) is 0 Å². The number of aryl methyl sites for hydroxylation is 1. The number of hydrogen-bond acceptors (Lipinski definition) is 3. The number of nitrogens with zero attached hydrogens (tertiary/aromatic N) is 1. The Hall–Kier alpha value is -0.520. The number of carbonyl (C=O) groups is 2. The van der Waals surface area contributed by atoms with Crippen molar-refractivity contribution < 1.29 is 9.59 Å². The van der Waals surface area contributed by atoms with Gasteiger partial charge in [0.25, 0.3) is 0 Å². The Morgan fingerprint density at radius 3 is 2.84 bits per heavy atom. The molecule has 102 valence electrons. The number of anilines is 1. The van der Waals surface area contributed by atoms with E-state index in [4.69, 9.17) is 11.6 Å². The summed E-state index contributed by atoms with van der Waals surface area (Å²) >= 11 is 10.7. The standard InChI is InChI=1S/C13H13BrClNO2S/c1-7-3-10(14)11(15)5-12(7)16-6-9(4-13(16)18)19-8(2)17/h3,5,9H,4,6H2,1-2H3. The maximum Gasteiger partial charge on any atom is 0.228 e. The highest BCUT2D eigenvalue weighted by molar-refractivity contribution is 9.10. The number of thioether (sulfide) groups is 1. The van der Waals surface area contributed by atoms with E-state index >= 15 is 0 Å². The van der Waals surface area contributed by atoms with Crippen molar-refractivity contribution in [1.82, 2.24) is 0 Å². The topological polar surface area (TPSA) is 37.4 Å². The summed E-state index contributed by atoms with van der Waals surface area (Å²) in [6.07, 6.45) is 0.400. The highest BCUT2D eigenvalue weighted by Gasteiger charge is 2.32. The molecule has 0 bridgehead atoms. The van der Waals surface area contributed by atoms with Gasteiger partial charge in [-0.05, 0) is 40.5 Å². The number of benzene rings is 1. The van der Waals surface area contributed by atoms with Gasteiger partial charge in [0.05, 0.1) is 5.02 Å². The Kier molecular flexibility index (Phi) is 4.58. The van der Waals surface area contributed by atoms with Gasteiger partial charge in [0.2, 0.25) is 5.91 Å². The predicted molar refractivity (Wildman–Crippen MR) is 82.9 cm³/mol. The smallest absolute Gasteiger partial charge is 0.228 e. The van der Waals surface area contributed by atoms with E-state index in [1.54, 1.807) is 11.0 Å². The van der Waals surface area contributed by atoms with Gasteiger partial charge < -0.3 is 4.90 Å². The largest absolute Gasteiger partial charge is 0.311 e. The predicted octanol–water partition coefficient (Wildman–Crippen LogP) is 3.80. The van der Waals surface area contributed by atoms with Gasteiger partial charge in [-0.3, -0.25) is 9.59 Å². The fourth-order valence-electron chi connectivity index (χ4n) is 2.15. The lowest BCUT2D eigenvalue weighted by atomic mass is 10.2. The zero-order valence-electron chi connectivity index (χ0n) is 10.6. The molecular formula is C13H13BrClNO2S. The van der Waals surface area contributed by atoms with Crippen molar-refractivity contribution in [2.24, 2.45) is 0 Å². The first-order chi connectivity index (χ1) is 8.88. The maximum atomic E-state index is 12.1. The molecule has 1 atom stereocenters. The van der Waals surface area contributed by atoms with Crippen LogP contribution in [0, 0.1) is 6.92 Å². The van der Waals surface area contributed by atoms with Gasteiger partial charge in [0.1, 0.15) is 0 Å². The Bertz CT molecular complexity index is 550. The first-order valence-electron chi connectivity index (χ1n) is 5.81. The monoisotopic (exact) mass is 361 g/mol. The zero-order valence-corrected chi connectivity index (χ0v) is 13.7. The lowest BCUT2D eigenvalue weighted by Crippen LogP contribution is -2.25. The number of hydrogen-bond donors (Lipinski definition) is 0. The van der Waals surface area contributed by atoms with Crippen molar-refractivity contribution >= 4 is 56.0 Å². The van der Waals surface area contributed by atoms with Crippen molar-refractivity contribution in [2.45, 2.75) is 25.5 Å². The number of amides is 1. The van der Waals surface area contributed by atoms with Gasteiger partial charge in [0.15, 0.2) is 5.12 Å². The second kappa shape index (κ2) is 5.85. The van der Waals surface area contributed by atoms with E-state index in [9.17, 15) is 9.59 Å². The molecule has 0 radical (unpaired) electrons. The molecule has 0 saturated carbocycles. The normalized spacial score (nSPS) is 19.1. The van der Waals surface area contributed by atoms with Crippen LogP contribution in [0.15, 0.2) is 16.6 Å². The van der Waals surface area contributed by atoms with Crippen LogP contribution in [-0.2, 0) is 9.59 Å². The van der Waals surface area contributed by atoms with Crippen molar-refractivity contribution in [2.75, 3.05) is 11.4 Å². The van der Waals surface area contributed by atoms with Crippen molar-refractivity contribution in [3.63, 3.8) is 0 Å². The van der Waals surface area contributed by atoms with E-state index in [1.807, 2.05) is 13.0 Å². The molecule has 6 heteroatoms. The molecule has 1 fully saturated rings. The van der Waals surface area contributed by atoms with Crippen molar-refractivity contribution in [3.05, 3.63) is 27.2 Å². The first kappa shape index (κ1) is 14.9. The van der Waals surface area contributed by atoms with Crippen LogP contribution in [0.5, 0.6) is 0 Å². The Morgan fingerprint density at radius 1 is 1.53 bits per heavy atom. The summed E-state index contributed by atoms with van der Waals surface area (Å²) in [5.74, 6) is 0.0419. The Labute approximate surface area is 129 Å². The number of halogens is 2. The summed E-state index contributed by atoms with van der Waals surface area (Å²) in [7, 11) is 0. The third-order valence-electron chi connectivity index (χ3n) is 2.95. The van der Waals surface area contributed by atoms with Crippen LogP contribution in [0.25, 0.3) is 0 Å². The minimum absolute atomic E-state index is 0.0341. The Balaban J connectivity index is 2.25. The highest BCUT2D eigenvalue weighted by atomic mass is 79.9. The molecular weight excluding hydrogens is 350 g/mol. The minimum atomic E-state index is 0.0341. The molecule has 1 aromatic rings. The quantitative estimate of drug-likeness (QED) is 0.803. The van der Waals surface area contributed by atoms with E-state index in [0.29, 0.717) is 18.0 Å². The third kappa shape index (κ3) is 3.33. The number of rotatable bonds is 2. The van der Waals surface area contributed by atoms with E-state index in [-0.39, 0.29) is 16.3 Å². The summed E-state index contributed by atoms with van der Waals surface area (Å²) in [5.41, 5.74) is 1.81. The molecule has 0 aliphatic carbocycles. The summed E-state index contributed by atoms with van der Waals surface area (Å²) in [4.78, 5) is 24.9. The van der Waals surface area contributed by atoms with Gasteiger partial charge in [0, 0.05) is 35.3 Å². The van der Waals surface area contributed by atoms with Gasteiger partial charge in [-0.25, -0.2) is 0 Å². The molecule has 1 aliphatic rings. The van der Waals surface area contributed by atoms with E-state index < -0.39 is 0 Å². The SMILES string of the molecule is CC(=O)SC1CC(=O)N(c2cc(Cl)c(Br)cc2C)C1. The molecule has 1 amide bonds. The van der Waals surface area contributed by atoms with Crippen LogP contribution in [-0.4, -0.2) is 22.8 Å². The Morgan fingerprint density at radius 2 is 2.21 bits per heavy atom. The average molecular weight is 363 g/mol. The lowest BCUT2D eigenvalue weighted by molar-refractivity contribution is -0.117. The highest BCUT2D eigenvalue weighted by Crippen LogP contribution is 2.35. The molecule has 2 rings (SSSR count). The van der Waals surface area contributed by atoms with Crippen molar-refractivity contribution in [1.29, 1.82) is 0 Å². The number of carbonyl (C=O) groups excluding carboxylic acids is 2. The molecule has 0 N–H and O–H groups in total. The molecule has 19 heavy (non-hydrogen) atoms. The fraction of sp³-hybridized carbons (Fsp3) is 0.385. The second-order valence-corrected chi connectivity index (χ2v) is 7.23. The van der Waals surface area contributed by atoms with Crippen LogP contribution in [0.2, 0.25) is 5.02 Å². The van der Waals surface area contributed by atoms with Crippen LogP contribution in [0.3, 0.4) is 0 Å². The molecule has 1 aliphatic heterocycles. The summed E-state index contributed by atoms with van der Waals surface area (Å²) in [6, 6.07) is 3.69. The van der Waals surface area contributed by atoms with Crippen LogP contribution in [0.4, 0.5) is 5.69 Å². The minimum Gasteiger partial charge on any atom is -0.311 e. The maximum absolute atomic E-state index is 12.1. The summed E-state index contributed by atoms with van der Waals surface area (Å²) in [6.45, 7) is 4.02. The second-order valence-electron chi connectivity index (χ2n) is 4.49. The van der Waals surface area contributed by atoms with Gasteiger partial charge >= 0.3 is 0 Å². The van der Waals surface area contributed by atoms with Gasteiger partial charge in [-0.1, -0.05) is 23.4 Å². The molecule has 0 spiro atoms. The summed E-state index contributed by atoms with van der Waals surface area (Å²) in [5, 5.41) is 0.660. The van der Waals surface area contributed by atoms with Crippen LogP contribution in [0.1, 0.15) is 18.9 Å². The molecule has 1 unspecified atom stereocenters. The van der Waals surface area contributed by atoms with Crippen LogP contribution < -0.4 is 4.90 Å². The molecule has 1 saturated heterocycles. The summed E-state index contributed by atoms with van der Waals surface area (Å²) < 4.78 is 0.816. The van der Waals surface area contributed by atoms with E-state index in [1.165, 1.54) is 18.7 Å². The fourth-order valence-corrected chi connectivity index (χ4v) is 3.68. The average Bonchev–Trinajstić information content (AvgIpc) is 2.63. The van der Waals surface area contributed by atoms with E-state index in [0.717, 1.165) is 15.7 Å². The zero-order chi connectivity index (χ0) is 14.2. The van der Waals surface area contributed by atoms with Crippen LogP contribution >= 0.6 is 39.3 Å². The third-order valence-corrected chi connectivity index (χ3v) is 5.13. The first-order valence-corrected chi connectivity index (χ1v) is 7.86. The van der Waals surface area contributed by atoms with E-state index in [2.05, 4.69) is 15.9 Å². The molecule has 3 nitrogen and oxygen atoms in total. The molecule has 1 heterocycles. The lowest BCUT2D eigenvalue weighted by Gasteiger charge is -2.19. The molecule has 0 aromatic heterocycles. The van der Waals surface area contributed by atoms with Crippen molar-refractivity contribution in [3.8, 4) is 0 Å².